The SMILES string of the molecule is CC(C)(C(=O)N1CCN(CN2C(=O)NC3(CCCCC3)C2=O)CC1)c1ccccc1. The van der Waals surface area contributed by atoms with Crippen molar-refractivity contribution in [2.45, 2.75) is 56.9 Å². The number of hydrogen-bond donors (Lipinski definition) is 1. The molecule has 1 aromatic carbocycles. The molecule has 0 bridgehead atoms. The fraction of sp³-hybridized carbons (Fsp3) is 0.609. The molecule has 2 saturated heterocycles. The monoisotopic (exact) mass is 412 g/mol. The Hall–Kier alpha value is -2.41. The van der Waals surface area contributed by atoms with E-state index in [-0.39, 0.29) is 17.8 Å². The number of nitrogens with zero attached hydrogens (tertiary/aromatic N) is 3. The van der Waals surface area contributed by atoms with E-state index in [0.717, 1.165) is 37.7 Å². The molecule has 3 aliphatic rings. The Morgan fingerprint density at radius 1 is 1.00 bits per heavy atom. The number of piperazine rings is 1. The van der Waals surface area contributed by atoms with E-state index < -0.39 is 11.0 Å². The minimum absolute atomic E-state index is 0.0732. The summed E-state index contributed by atoms with van der Waals surface area (Å²) < 4.78 is 0. The average molecular weight is 413 g/mol. The first-order chi connectivity index (χ1) is 14.3. The van der Waals surface area contributed by atoms with Crippen LogP contribution in [0.4, 0.5) is 4.79 Å². The van der Waals surface area contributed by atoms with Crippen molar-refractivity contribution in [2.75, 3.05) is 32.8 Å². The maximum atomic E-state index is 13.2. The Morgan fingerprint density at radius 2 is 1.63 bits per heavy atom. The first kappa shape index (κ1) is 20.8. The highest BCUT2D eigenvalue weighted by Crippen LogP contribution is 2.34. The fourth-order valence-corrected chi connectivity index (χ4v) is 4.96. The fourth-order valence-electron chi connectivity index (χ4n) is 4.96. The Balaban J connectivity index is 1.34. The second-order valence-electron chi connectivity index (χ2n) is 9.35. The number of benzene rings is 1. The van der Waals surface area contributed by atoms with Gasteiger partial charge in [-0.1, -0.05) is 49.6 Å². The van der Waals surface area contributed by atoms with Crippen LogP contribution in [0.5, 0.6) is 0 Å². The molecule has 7 nitrogen and oxygen atoms in total. The van der Waals surface area contributed by atoms with Crippen LogP contribution in [-0.2, 0) is 15.0 Å². The minimum Gasteiger partial charge on any atom is -0.339 e. The molecule has 1 spiro atoms. The number of hydrogen-bond acceptors (Lipinski definition) is 4. The topological polar surface area (TPSA) is 73.0 Å². The third-order valence-electron chi connectivity index (χ3n) is 6.98. The van der Waals surface area contributed by atoms with Crippen LogP contribution in [0.15, 0.2) is 30.3 Å². The van der Waals surface area contributed by atoms with Crippen molar-refractivity contribution < 1.29 is 14.4 Å². The van der Waals surface area contributed by atoms with Crippen LogP contribution < -0.4 is 5.32 Å². The molecule has 1 aromatic rings. The van der Waals surface area contributed by atoms with Crippen molar-refractivity contribution in [1.29, 1.82) is 0 Å². The summed E-state index contributed by atoms with van der Waals surface area (Å²) in [4.78, 5) is 44.0. The van der Waals surface area contributed by atoms with E-state index in [1.54, 1.807) is 0 Å². The second-order valence-corrected chi connectivity index (χ2v) is 9.35. The lowest BCUT2D eigenvalue weighted by atomic mass is 9.82. The first-order valence-electron chi connectivity index (χ1n) is 11.0. The highest BCUT2D eigenvalue weighted by Gasteiger charge is 2.51. The Bertz CT molecular complexity index is 809. The van der Waals surface area contributed by atoms with Gasteiger partial charge in [0.2, 0.25) is 5.91 Å². The number of imide groups is 1. The zero-order valence-electron chi connectivity index (χ0n) is 18.0. The quantitative estimate of drug-likeness (QED) is 0.771. The third-order valence-corrected chi connectivity index (χ3v) is 6.98. The lowest BCUT2D eigenvalue weighted by Crippen LogP contribution is -2.55. The molecule has 1 aliphatic carbocycles. The highest BCUT2D eigenvalue weighted by atomic mass is 16.2. The van der Waals surface area contributed by atoms with Gasteiger partial charge in [0.05, 0.1) is 12.1 Å². The van der Waals surface area contributed by atoms with Crippen LogP contribution in [0.3, 0.4) is 0 Å². The predicted molar refractivity (Wildman–Crippen MR) is 114 cm³/mol. The van der Waals surface area contributed by atoms with E-state index in [4.69, 9.17) is 0 Å². The highest BCUT2D eigenvalue weighted by molar-refractivity contribution is 6.07. The van der Waals surface area contributed by atoms with E-state index in [2.05, 4.69) is 10.2 Å². The maximum Gasteiger partial charge on any atom is 0.326 e. The summed E-state index contributed by atoms with van der Waals surface area (Å²) in [6.45, 7) is 6.74. The van der Waals surface area contributed by atoms with E-state index in [0.29, 0.717) is 32.8 Å². The van der Waals surface area contributed by atoms with E-state index >= 15 is 0 Å². The number of carbonyl (C=O) groups is 3. The molecule has 0 unspecified atom stereocenters. The zero-order valence-corrected chi connectivity index (χ0v) is 18.0. The molecule has 1 N–H and O–H groups in total. The molecule has 4 amide bonds. The van der Waals surface area contributed by atoms with Gasteiger partial charge in [0.1, 0.15) is 5.54 Å². The molecule has 4 rings (SSSR count). The summed E-state index contributed by atoms with van der Waals surface area (Å²) in [7, 11) is 0. The molecule has 2 aliphatic heterocycles. The van der Waals surface area contributed by atoms with Gasteiger partial charge in [-0.2, -0.15) is 0 Å². The Morgan fingerprint density at radius 3 is 2.27 bits per heavy atom. The molecule has 2 heterocycles. The molecule has 3 fully saturated rings. The lowest BCUT2D eigenvalue weighted by Gasteiger charge is -2.39. The molecule has 0 aromatic heterocycles. The van der Waals surface area contributed by atoms with Crippen LogP contribution in [0.2, 0.25) is 0 Å². The molecule has 7 heteroatoms. The van der Waals surface area contributed by atoms with Crippen LogP contribution >= 0.6 is 0 Å². The summed E-state index contributed by atoms with van der Waals surface area (Å²) >= 11 is 0. The van der Waals surface area contributed by atoms with Gasteiger partial charge in [0.25, 0.3) is 5.91 Å². The van der Waals surface area contributed by atoms with Crippen molar-refractivity contribution in [3.05, 3.63) is 35.9 Å². The number of carbonyl (C=O) groups excluding carboxylic acids is 3. The minimum atomic E-state index is -0.674. The van der Waals surface area contributed by atoms with Gasteiger partial charge < -0.3 is 10.2 Å². The van der Waals surface area contributed by atoms with E-state index in [1.165, 1.54) is 4.90 Å². The Kier molecular flexibility index (Phi) is 5.57. The van der Waals surface area contributed by atoms with E-state index in [1.807, 2.05) is 49.1 Å². The predicted octanol–water partition coefficient (Wildman–Crippen LogP) is 2.32. The number of urea groups is 1. The smallest absolute Gasteiger partial charge is 0.326 e. The van der Waals surface area contributed by atoms with E-state index in [9.17, 15) is 14.4 Å². The second kappa shape index (κ2) is 8.02. The van der Waals surface area contributed by atoms with Crippen LogP contribution in [0.25, 0.3) is 0 Å². The molecule has 30 heavy (non-hydrogen) atoms. The average Bonchev–Trinajstić information content (AvgIpc) is 2.98. The van der Waals surface area contributed by atoms with Crippen molar-refractivity contribution in [1.82, 2.24) is 20.0 Å². The van der Waals surface area contributed by atoms with Crippen LogP contribution in [-0.4, -0.2) is 70.9 Å². The summed E-state index contributed by atoms with van der Waals surface area (Å²) in [6, 6.07) is 9.58. The summed E-state index contributed by atoms with van der Waals surface area (Å²) in [6.07, 6.45) is 4.58. The normalized spacial score (nSPS) is 22.5. The largest absolute Gasteiger partial charge is 0.339 e. The molecule has 0 radical (unpaired) electrons. The first-order valence-corrected chi connectivity index (χ1v) is 11.0. The summed E-state index contributed by atoms with van der Waals surface area (Å²) in [5.74, 6) is 0.0421. The van der Waals surface area contributed by atoms with Crippen LogP contribution in [0, 0.1) is 0 Å². The van der Waals surface area contributed by atoms with Gasteiger partial charge in [0, 0.05) is 26.2 Å². The van der Waals surface area contributed by atoms with Crippen molar-refractivity contribution in [2.24, 2.45) is 0 Å². The van der Waals surface area contributed by atoms with Crippen LogP contribution in [0.1, 0.15) is 51.5 Å². The van der Waals surface area contributed by atoms with Gasteiger partial charge >= 0.3 is 6.03 Å². The van der Waals surface area contributed by atoms with Gasteiger partial charge in [-0.05, 0) is 32.3 Å². The molecule has 162 valence electrons. The molecule has 0 atom stereocenters. The van der Waals surface area contributed by atoms with Crippen molar-refractivity contribution in [3.63, 3.8) is 0 Å². The molecule has 1 saturated carbocycles. The molecular weight excluding hydrogens is 380 g/mol. The van der Waals surface area contributed by atoms with Crippen molar-refractivity contribution >= 4 is 17.8 Å². The zero-order chi connectivity index (χ0) is 21.4. The van der Waals surface area contributed by atoms with Gasteiger partial charge in [-0.15, -0.1) is 0 Å². The van der Waals surface area contributed by atoms with Gasteiger partial charge in [-0.25, -0.2) is 9.69 Å². The third kappa shape index (κ3) is 3.71. The number of rotatable bonds is 4. The maximum absolute atomic E-state index is 13.2. The lowest BCUT2D eigenvalue weighted by molar-refractivity contribution is -0.140. The Labute approximate surface area is 178 Å². The number of amides is 4. The van der Waals surface area contributed by atoms with Gasteiger partial charge in [-0.3, -0.25) is 14.5 Å². The summed E-state index contributed by atoms with van der Waals surface area (Å²) in [5, 5.41) is 2.97. The summed E-state index contributed by atoms with van der Waals surface area (Å²) in [5.41, 5.74) is -0.247. The van der Waals surface area contributed by atoms with Crippen molar-refractivity contribution in [3.8, 4) is 0 Å². The molecular formula is C23H32N4O3. The van der Waals surface area contributed by atoms with Gasteiger partial charge in [0.15, 0.2) is 0 Å². The standard InChI is InChI=1S/C23H32N4O3/c1-22(2,18-9-5-3-6-10-18)19(28)26-15-13-25(14-16-26)17-27-20(29)23(24-21(27)30)11-7-4-8-12-23/h3,5-6,9-10H,4,7-8,11-17H2,1-2H3,(H,24,30). The number of nitrogens with one attached hydrogen (secondary N) is 1.